The van der Waals surface area contributed by atoms with Crippen LogP contribution < -0.4 is 9.64 Å². The number of carbonyl (C=O) groups is 3. The number of ether oxygens (including phenoxy) is 1. The quantitative estimate of drug-likeness (QED) is 0.251. The first-order valence-electron chi connectivity index (χ1n) is 9.79. The second-order valence-corrected chi connectivity index (χ2v) is 7.83. The zero-order valence-corrected chi connectivity index (χ0v) is 16.3. The standard InChI is InChI=1S/C22H20N2O6/c1-13-2-11-18-19(12-13)21(26)23(20(18)25)15-5-3-14(4-6-15)22(27)30-17-9-7-16(8-10-17)24(28)29/h3-10,13,18-19H,2,11-12H2,1H3/t13-,18-,19+/m1/s1. The van der Waals surface area contributed by atoms with Crippen LogP contribution in [0.1, 0.15) is 36.5 Å². The third-order valence-electron chi connectivity index (χ3n) is 5.81. The summed E-state index contributed by atoms with van der Waals surface area (Å²) in [6.45, 7) is 2.10. The van der Waals surface area contributed by atoms with Crippen molar-refractivity contribution < 1.29 is 24.0 Å². The molecule has 0 spiro atoms. The highest BCUT2D eigenvalue weighted by Gasteiger charge is 2.49. The molecule has 3 atom stereocenters. The Balaban J connectivity index is 1.47. The van der Waals surface area contributed by atoms with Gasteiger partial charge in [-0.15, -0.1) is 0 Å². The summed E-state index contributed by atoms with van der Waals surface area (Å²) in [5, 5.41) is 10.7. The average molecular weight is 408 g/mol. The van der Waals surface area contributed by atoms with E-state index in [4.69, 9.17) is 4.74 Å². The molecule has 1 saturated carbocycles. The van der Waals surface area contributed by atoms with Gasteiger partial charge in [0.15, 0.2) is 0 Å². The van der Waals surface area contributed by atoms with Gasteiger partial charge in [0, 0.05) is 12.1 Å². The molecule has 2 aromatic rings. The molecule has 0 unspecified atom stereocenters. The Labute approximate surface area is 172 Å². The largest absolute Gasteiger partial charge is 0.423 e. The van der Waals surface area contributed by atoms with Gasteiger partial charge in [0.1, 0.15) is 5.75 Å². The van der Waals surface area contributed by atoms with Crippen molar-refractivity contribution in [2.24, 2.45) is 17.8 Å². The number of esters is 1. The van der Waals surface area contributed by atoms with Gasteiger partial charge in [0.25, 0.3) is 5.69 Å². The summed E-state index contributed by atoms with van der Waals surface area (Å²) in [6.07, 6.45) is 2.40. The number of benzene rings is 2. The maximum Gasteiger partial charge on any atom is 0.343 e. The number of non-ortho nitro benzene ring substituents is 1. The molecule has 8 nitrogen and oxygen atoms in total. The Kier molecular flexibility index (Phi) is 5.07. The second kappa shape index (κ2) is 7.70. The first-order chi connectivity index (χ1) is 14.3. The molecule has 2 aliphatic rings. The normalized spacial score (nSPS) is 23.2. The number of imide groups is 1. The number of hydrogen-bond acceptors (Lipinski definition) is 6. The molecule has 1 aliphatic heterocycles. The molecule has 2 fully saturated rings. The fraction of sp³-hybridized carbons (Fsp3) is 0.318. The Hall–Kier alpha value is -3.55. The van der Waals surface area contributed by atoms with Crippen LogP contribution in [0.4, 0.5) is 11.4 Å². The number of fused-ring (bicyclic) bond motifs is 1. The Morgan fingerprint density at radius 1 is 1.00 bits per heavy atom. The second-order valence-electron chi connectivity index (χ2n) is 7.83. The fourth-order valence-electron chi connectivity index (χ4n) is 4.19. The predicted octanol–water partition coefficient (Wildman–Crippen LogP) is 3.74. The van der Waals surface area contributed by atoms with E-state index in [-0.39, 0.29) is 40.7 Å². The van der Waals surface area contributed by atoms with E-state index >= 15 is 0 Å². The predicted molar refractivity (Wildman–Crippen MR) is 107 cm³/mol. The molecule has 0 N–H and O–H groups in total. The first kappa shape index (κ1) is 19.8. The number of nitrogens with zero attached hydrogens (tertiary/aromatic N) is 2. The van der Waals surface area contributed by atoms with Crippen LogP contribution in [0, 0.1) is 27.9 Å². The molecule has 1 saturated heterocycles. The lowest BCUT2D eigenvalue weighted by Gasteiger charge is -2.25. The highest BCUT2D eigenvalue weighted by atomic mass is 16.6. The fourth-order valence-corrected chi connectivity index (χ4v) is 4.19. The lowest BCUT2D eigenvalue weighted by atomic mass is 9.76. The van der Waals surface area contributed by atoms with Gasteiger partial charge in [0.05, 0.1) is 28.0 Å². The van der Waals surface area contributed by atoms with E-state index in [1.807, 2.05) is 0 Å². The first-order valence-corrected chi connectivity index (χ1v) is 9.79. The number of carbonyl (C=O) groups excluding carboxylic acids is 3. The molecule has 0 aromatic heterocycles. The van der Waals surface area contributed by atoms with E-state index in [9.17, 15) is 24.5 Å². The molecule has 8 heteroatoms. The summed E-state index contributed by atoms with van der Waals surface area (Å²) in [6, 6.07) is 11.3. The van der Waals surface area contributed by atoms with Crippen molar-refractivity contribution in [3.63, 3.8) is 0 Å². The van der Waals surface area contributed by atoms with Gasteiger partial charge in [-0.1, -0.05) is 6.92 Å². The minimum Gasteiger partial charge on any atom is -0.423 e. The maximum absolute atomic E-state index is 12.8. The molecule has 0 bridgehead atoms. The maximum atomic E-state index is 12.8. The van der Waals surface area contributed by atoms with Crippen LogP contribution in [0.15, 0.2) is 48.5 Å². The molecule has 154 valence electrons. The molecule has 2 amide bonds. The summed E-state index contributed by atoms with van der Waals surface area (Å²) in [5.41, 5.74) is 0.579. The van der Waals surface area contributed by atoms with E-state index in [0.717, 1.165) is 19.3 Å². The van der Waals surface area contributed by atoms with Crippen molar-refractivity contribution in [1.29, 1.82) is 0 Å². The Morgan fingerprint density at radius 2 is 1.63 bits per heavy atom. The van der Waals surface area contributed by atoms with Crippen LogP contribution in [0.25, 0.3) is 0 Å². The molecule has 4 rings (SSSR count). The van der Waals surface area contributed by atoms with Crippen LogP contribution in [-0.4, -0.2) is 22.7 Å². The lowest BCUT2D eigenvalue weighted by molar-refractivity contribution is -0.384. The number of rotatable bonds is 4. The van der Waals surface area contributed by atoms with Crippen LogP contribution in [0.2, 0.25) is 0 Å². The van der Waals surface area contributed by atoms with Gasteiger partial charge in [-0.25, -0.2) is 4.79 Å². The SMILES string of the molecule is C[C@@H]1CC[C@H]2C(=O)N(c3ccc(C(=O)Oc4ccc([N+](=O)[O-])cc4)cc3)C(=O)[C@H]2C1. The number of anilines is 1. The van der Waals surface area contributed by atoms with E-state index in [2.05, 4.69) is 6.92 Å². The molecule has 1 heterocycles. The summed E-state index contributed by atoms with van der Waals surface area (Å²) >= 11 is 0. The van der Waals surface area contributed by atoms with E-state index in [1.54, 1.807) is 12.1 Å². The van der Waals surface area contributed by atoms with Crippen molar-refractivity contribution in [2.45, 2.75) is 26.2 Å². The molecule has 0 radical (unpaired) electrons. The molecular formula is C22H20N2O6. The van der Waals surface area contributed by atoms with Crippen LogP contribution in [-0.2, 0) is 9.59 Å². The van der Waals surface area contributed by atoms with E-state index < -0.39 is 10.9 Å². The van der Waals surface area contributed by atoms with E-state index in [1.165, 1.54) is 41.3 Å². The highest BCUT2D eigenvalue weighted by Crippen LogP contribution is 2.42. The summed E-state index contributed by atoms with van der Waals surface area (Å²) < 4.78 is 5.22. The van der Waals surface area contributed by atoms with Gasteiger partial charge in [-0.2, -0.15) is 0 Å². The summed E-state index contributed by atoms with van der Waals surface area (Å²) in [5.74, 6) is -0.876. The van der Waals surface area contributed by atoms with Crippen molar-refractivity contribution in [3.8, 4) is 5.75 Å². The van der Waals surface area contributed by atoms with Crippen molar-refractivity contribution in [2.75, 3.05) is 4.90 Å². The van der Waals surface area contributed by atoms with Gasteiger partial charge >= 0.3 is 5.97 Å². The van der Waals surface area contributed by atoms with Gasteiger partial charge in [-0.05, 0) is 61.6 Å². The van der Waals surface area contributed by atoms with Crippen LogP contribution in [0.3, 0.4) is 0 Å². The zero-order chi connectivity index (χ0) is 21.4. The number of nitro benzene ring substituents is 1. The molecule has 30 heavy (non-hydrogen) atoms. The Bertz CT molecular complexity index is 1010. The minimum atomic E-state index is -0.642. The number of nitro groups is 1. The summed E-state index contributed by atoms with van der Waals surface area (Å²) in [4.78, 5) is 49.3. The van der Waals surface area contributed by atoms with Crippen molar-refractivity contribution in [3.05, 3.63) is 64.2 Å². The Morgan fingerprint density at radius 3 is 2.27 bits per heavy atom. The number of hydrogen-bond donors (Lipinski definition) is 0. The van der Waals surface area contributed by atoms with Gasteiger partial charge in [-0.3, -0.25) is 24.6 Å². The molecule has 1 aliphatic carbocycles. The minimum absolute atomic E-state index is 0.103. The van der Waals surface area contributed by atoms with Crippen molar-refractivity contribution in [1.82, 2.24) is 0 Å². The average Bonchev–Trinajstić information content (AvgIpc) is 2.98. The smallest absolute Gasteiger partial charge is 0.343 e. The third kappa shape index (κ3) is 3.56. The lowest BCUT2D eigenvalue weighted by Crippen LogP contribution is -2.30. The molecular weight excluding hydrogens is 388 g/mol. The molecule has 2 aromatic carbocycles. The highest BCUT2D eigenvalue weighted by molar-refractivity contribution is 6.22. The van der Waals surface area contributed by atoms with Gasteiger partial charge in [0.2, 0.25) is 11.8 Å². The third-order valence-corrected chi connectivity index (χ3v) is 5.81. The summed E-state index contributed by atoms with van der Waals surface area (Å²) in [7, 11) is 0. The topological polar surface area (TPSA) is 107 Å². The van der Waals surface area contributed by atoms with Crippen LogP contribution >= 0.6 is 0 Å². The van der Waals surface area contributed by atoms with Crippen molar-refractivity contribution >= 4 is 29.2 Å². The van der Waals surface area contributed by atoms with Crippen LogP contribution in [0.5, 0.6) is 5.75 Å². The zero-order valence-electron chi connectivity index (χ0n) is 16.3. The number of amides is 2. The van der Waals surface area contributed by atoms with E-state index in [0.29, 0.717) is 11.6 Å². The van der Waals surface area contributed by atoms with Gasteiger partial charge < -0.3 is 4.74 Å². The monoisotopic (exact) mass is 408 g/mol.